The molecule has 0 spiro atoms. The van der Waals surface area contributed by atoms with E-state index in [0.717, 1.165) is 24.7 Å². The van der Waals surface area contributed by atoms with Crippen LogP contribution in [0.15, 0.2) is 54.7 Å². The van der Waals surface area contributed by atoms with Crippen LogP contribution in [-0.4, -0.2) is 28.3 Å². The summed E-state index contributed by atoms with van der Waals surface area (Å²) in [4.78, 5) is 6.87. The van der Waals surface area contributed by atoms with E-state index in [9.17, 15) is 5.26 Å². The third-order valence-electron chi connectivity index (χ3n) is 5.14. The second kappa shape index (κ2) is 8.57. The van der Waals surface area contributed by atoms with Crippen molar-refractivity contribution < 1.29 is 0 Å². The first-order valence-corrected chi connectivity index (χ1v) is 9.79. The third kappa shape index (κ3) is 4.61. The Morgan fingerprint density at radius 3 is 2.55 bits per heavy atom. The van der Waals surface area contributed by atoms with Crippen LogP contribution in [0.1, 0.15) is 25.3 Å². The Bertz CT molecular complexity index is 1000. The normalized spacial score (nSPS) is 14.3. The summed E-state index contributed by atoms with van der Waals surface area (Å²) in [6, 6.07) is 17.7. The van der Waals surface area contributed by atoms with Gasteiger partial charge in [-0.2, -0.15) is 15.3 Å². The van der Waals surface area contributed by atoms with Crippen molar-refractivity contribution in [3.8, 4) is 6.07 Å². The Labute approximate surface area is 170 Å². The second-order valence-electron chi connectivity index (χ2n) is 7.29. The molecule has 2 aromatic carbocycles. The van der Waals surface area contributed by atoms with Crippen molar-refractivity contribution in [3.05, 3.63) is 60.3 Å². The molecule has 1 aromatic heterocycles. The van der Waals surface area contributed by atoms with Crippen molar-refractivity contribution in [1.82, 2.24) is 15.2 Å². The Kier molecular flexibility index (Phi) is 5.52. The maximum atomic E-state index is 9.22. The highest BCUT2D eigenvalue weighted by Gasteiger charge is 2.15. The lowest BCUT2D eigenvalue weighted by Crippen LogP contribution is -2.32. The summed E-state index contributed by atoms with van der Waals surface area (Å²) in [5.41, 5.74) is 3.37. The average molecular weight is 385 g/mol. The molecule has 2 N–H and O–H groups in total. The van der Waals surface area contributed by atoms with Gasteiger partial charge in [0.15, 0.2) is 5.82 Å². The molecule has 0 unspecified atom stereocenters. The summed E-state index contributed by atoms with van der Waals surface area (Å²) in [6.45, 7) is 4.54. The standard InChI is InChI=1S/C22H23N7/c1-16-10-12-29(13-11-16)19-8-6-18(7-9-19)25-22-27-21(15-24-28-22)26-20-5-3-2-4-17(20)14-23/h2-9,15-16H,10-13H2,1H3,(H2,25,26,27,28). The van der Waals surface area contributed by atoms with E-state index in [1.807, 2.05) is 30.3 Å². The van der Waals surface area contributed by atoms with Crippen LogP contribution >= 0.6 is 0 Å². The summed E-state index contributed by atoms with van der Waals surface area (Å²) in [5.74, 6) is 1.73. The SMILES string of the molecule is CC1CCN(c2ccc(Nc3nncc(Nc4ccccc4C#N)n3)cc2)CC1. The molecule has 7 nitrogen and oxygen atoms in total. The zero-order chi connectivity index (χ0) is 20.1. The molecule has 1 fully saturated rings. The Hall–Kier alpha value is -3.66. The van der Waals surface area contributed by atoms with Gasteiger partial charge in [-0.1, -0.05) is 19.1 Å². The van der Waals surface area contributed by atoms with E-state index in [4.69, 9.17) is 0 Å². The molecule has 1 aliphatic rings. The molecule has 1 saturated heterocycles. The van der Waals surface area contributed by atoms with Crippen molar-refractivity contribution in [1.29, 1.82) is 5.26 Å². The first kappa shape index (κ1) is 18.7. The van der Waals surface area contributed by atoms with Crippen molar-refractivity contribution in [2.45, 2.75) is 19.8 Å². The smallest absolute Gasteiger partial charge is 0.249 e. The van der Waals surface area contributed by atoms with Gasteiger partial charge in [-0.25, -0.2) is 0 Å². The maximum Gasteiger partial charge on any atom is 0.249 e. The number of nitriles is 1. The summed E-state index contributed by atoms with van der Waals surface area (Å²) in [6.07, 6.45) is 4.02. The van der Waals surface area contributed by atoms with E-state index in [1.54, 1.807) is 6.07 Å². The lowest BCUT2D eigenvalue weighted by atomic mass is 9.99. The number of nitrogens with one attached hydrogen (secondary N) is 2. The summed E-state index contributed by atoms with van der Waals surface area (Å²) >= 11 is 0. The lowest BCUT2D eigenvalue weighted by molar-refractivity contribution is 0.438. The van der Waals surface area contributed by atoms with E-state index in [-0.39, 0.29) is 0 Å². The molecule has 4 rings (SSSR count). The minimum atomic E-state index is 0.393. The zero-order valence-electron chi connectivity index (χ0n) is 16.3. The van der Waals surface area contributed by atoms with Crippen LogP contribution < -0.4 is 15.5 Å². The van der Waals surface area contributed by atoms with Gasteiger partial charge in [-0.3, -0.25) is 0 Å². The fourth-order valence-corrected chi connectivity index (χ4v) is 3.40. The number of hydrogen-bond donors (Lipinski definition) is 2. The molecule has 3 aromatic rings. The third-order valence-corrected chi connectivity index (χ3v) is 5.14. The Morgan fingerprint density at radius 2 is 1.79 bits per heavy atom. The van der Waals surface area contributed by atoms with Gasteiger partial charge in [0.2, 0.25) is 5.95 Å². The van der Waals surface area contributed by atoms with E-state index in [1.165, 1.54) is 24.7 Å². The monoisotopic (exact) mass is 385 g/mol. The van der Waals surface area contributed by atoms with Crippen LogP contribution in [0.25, 0.3) is 0 Å². The minimum absolute atomic E-state index is 0.393. The topological polar surface area (TPSA) is 89.8 Å². The largest absolute Gasteiger partial charge is 0.372 e. The molecule has 0 bridgehead atoms. The fraction of sp³-hybridized carbons (Fsp3) is 0.273. The minimum Gasteiger partial charge on any atom is -0.372 e. The number of nitrogens with zero attached hydrogens (tertiary/aromatic N) is 5. The van der Waals surface area contributed by atoms with Crippen LogP contribution in [0, 0.1) is 17.2 Å². The highest BCUT2D eigenvalue weighted by Crippen LogP contribution is 2.25. The molecule has 146 valence electrons. The first-order chi connectivity index (χ1) is 14.2. The lowest BCUT2D eigenvalue weighted by Gasteiger charge is -2.32. The highest BCUT2D eigenvalue weighted by molar-refractivity contribution is 5.65. The van der Waals surface area contributed by atoms with Crippen molar-refractivity contribution in [2.24, 2.45) is 5.92 Å². The second-order valence-corrected chi connectivity index (χ2v) is 7.29. The number of para-hydroxylation sites is 1. The number of anilines is 5. The average Bonchev–Trinajstić information content (AvgIpc) is 2.76. The molecular formula is C22H23N7. The van der Waals surface area contributed by atoms with E-state index in [2.05, 4.69) is 55.8 Å². The molecule has 0 saturated carbocycles. The molecule has 0 atom stereocenters. The maximum absolute atomic E-state index is 9.22. The van der Waals surface area contributed by atoms with E-state index >= 15 is 0 Å². The van der Waals surface area contributed by atoms with Crippen LogP contribution in [0.2, 0.25) is 0 Å². The number of aromatic nitrogens is 3. The Balaban J connectivity index is 1.43. The van der Waals surface area contributed by atoms with Crippen molar-refractivity contribution in [2.75, 3.05) is 28.6 Å². The predicted octanol–water partition coefficient (Wildman–Crippen LogP) is 4.47. The van der Waals surface area contributed by atoms with Crippen LogP contribution in [0.5, 0.6) is 0 Å². The first-order valence-electron chi connectivity index (χ1n) is 9.79. The van der Waals surface area contributed by atoms with Gasteiger partial charge in [-0.05, 0) is 55.2 Å². The molecule has 0 radical (unpaired) electrons. The van der Waals surface area contributed by atoms with Gasteiger partial charge in [0.1, 0.15) is 6.07 Å². The molecular weight excluding hydrogens is 362 g/mol. The van der Waals surface area contributed by atoms with Crippen molar-refractivity contribution >= 4 is 28.8 Å². The van der Waals surface area contributed by atoms with Gasteiger partial charge >= 0.3 is 0 Å². The number of hydrogen-bond acceptors (Lipinski definition) is 7. The van der Waals surface area contributed by atoms with Crippen LogP contribution in [0.3, 0.4) is 0 Å². The molecule has 29 heavy (non-hydrogen) atoms. The molecule has 0 amide bonds. The van der Waals surface area contributed by atoms with Crippen LogP contribution in [-0.2, 0) is 0 Å². The van der Waals surface area contributed by atoms with Gasteiger partial charge in [-0.15, -0.1) is 5.10 Å². The summed E-state index contributed by atoms with van der Waals surface area (Å²) < 4.78 is 0. The number of rotatable bonds is 5. The Morgan fingerprint density at radius 1 is 1.03 bits per heavy atom. The summed E-state index contributed by atoms with van der Waals surface area (Å²) in [7, 11) is 0. The highest BCUT2D eigenvalue weighted by atomic mass is 15.3. The van der Waals surface area contributed by atoms with Crippen molar-refractivity contribution in [3.63, 3.8) is 0 Å². The van der Waals surface area contributed by atoms with E-state index < -0.39 is 0 Å². The van der Waals surface area contributed by atoms with E-state index in [0.29, 0.717) is 23.0 Å². The molecule has 7 heteroatoms. The molecule has 1 aliphatic heterocycles. The van der Waals surface area contributed by atoms with Gasteiger partial charge in [0.25, 0.3) is 0 Å². The van der Waals surface area contributed by atoms with Crippen LogP contribution in [0.4, 0.5) is 28.8 Å². The van der Waals surface area contributed by atoms with Gasteiger partial charge in [0.05, 0.1) is 17.4 Å². The zero-order valence-corrected chi connectivity index (χ0v) is 16.3. The summed E-state index contributed by atoms with van der Waals surface area (Å²) in [5, 5.41) is 23.6. The number of piperidine rings is 1. The molecule has 0 aliphatic carbocycles. The quantitative estimate of drug-likeness (QED) is 0.670. The van der Waals surface area contributed by atoms with Gasteiger partial charge < -0.3 is 15.5 Å². The fourth-order valence-electron chi connectivity index (χ4n) is 3.40. The predicted molar refractivity (Wildman–Crippen MR) is 115 cm³/mol. The number of benzene rings is 2. The van der Waals surface area contributed by atoms with Gasteiger partial charge in [0, 0.05) is 24.5 Å². The molecule has 2 heterocycles.